The van der Waals surface area contributed by atoms with E-state index in [2.05, 4.69) is 20.9 Å². The van der Waals surface area contributed by atoms with E-state index in [1.807, 2.05) is 18.2 Å². The number of nitrogens with zero attached hydrogens (tertiary/aromatic N) is 2. The fraction of sp³-hybridized carbons (Fsp3) is 0.222. The van der Waals surface area contributed by atoms with Crippen molar-refractivity contribution < 1.29 is 0 Å². The molecule has 2 aromatic rings. The van der Waals surface area contributed by atoms with Crippen LogP contribution in [0.15, 0.2) is 24.4 Å². The first-order chi connectivity index (χ1) is 5.95. The third-order valence-electron chi connectivity index (χ3n) is 2.30. The molecule has 0 saturated carbocycles. The van der Waals surface area contributed by atoms with Gasteiger partial charge in [0.1, 0.15) is 5.65 Å². The maximum absolute atomic E-state index is 4.49. The highest BCUT2D eigenvalue weighted by Gasteiger charge is 2.15. The van der Waals surface area contributed by atoms with E-state index >= 15 is 0 Å². The molecule has 0 amide bonds. The first-order valence-electron chi connectivity index (χ1n) is 4.11. The molecule has 1 aliphatic rings. The number of pyridine rings is 1. The summed E-state index contributed by atoms with van der Waals surface area (Å²) in [6.45, 7) is 1.86. The Bertz CT molecular complexity index is 430. The number of aromatic nitrogens is 2. The van der Waals surface area contributed by atoms with Gasteiger partial charge >= 0.3 is 0 Å². The summed E-state index contributed by atoms with van der Waals surface area (Å²) in [6, 6.07) is 6.09. The van der Waals surface area contributed by atoms with E-state index in [4.69, 9.17) is 0 Å². The second-order valence-corrected chi connectivity index (χ2v) is 3.04. The molecule has 3 rings (SSSR count). The van der Waals surface area contributed by atoms with Gasteiger partial charge in [0.15, 0.2) is 0 Å². The number of hydrogen-bond donors (Lipinski definition) is 1. The summed E-state index contributed by atoms with van der Waals surface area (Å²) in [4.78, 5) is 4.49. The van der Waals surface area contributed by atoms with Crippen molar-refractivity contribution in [2.24, 2.45) is 0 Å². The van der Waals surface area contributed by atoms with Crippen molar-refractivity contribution in [2.45, 2.75) is 13.1 Å². The Kier molecular flexibility index (Phi) is 1.07. The third-order valence-corrected chi connectivity index (χ3v) is 2.30. The number of rotatable bonds is 0. The standard InChI is InChI=1S/C9H9N3/c1-2-4-12-8-6-10-5-7(8)11-9(12)3-1/h1-4,10H,5-6H2. The molecule has 0 aromatic carbocycles. The predicted octanol–water partition coefficient (Wildman–Crippen LogP) is 0.938. The lowest BCUT2D eigenvalue weighted by atomic mass is 10.4. The minimum Gasteiger partial charge on any atom is -0.305 e. The Morgan fingerprint density at radius 1 is 1.33 bits per heavy atom. The van der Waals surface area contributed by atoms with Crippen LogP contribution in [0.4, 0.5) is 0 Å². The average molecular weight is 159 g/mol. The van der Waals surface area contributed by atoms with Crippen LogP contribution in [0.25, 0.3) is 5.65 Å². The van der Waals surface area contributed by atoms with E-state index in [9.17, 15) is 0 Å². The summed E-state index contributed by atoms with van der Waals surface area (Å²) in [6.07, 6.45) is 2.06. The molecule has 0 spiro atoms. The number of fused-ring (bicyclic) bond motifs is 3. The van der Waals surface area contributed by atoms with Crippen LogP contribution in [0.3, 0.4) is 0 Å². The molecule has 0 radical (unpaired) electrons. The minimum absolute atomic E-state index is 0.914. The van der Waals surface area contributed by atoms with Gasteiger partial charge in [0.25, 0.3) is 0 Å². The number of hydrogen-bond acceptors (Lipinski definition) is 2. The van der Waals surface area contributed by atoms with Gasteiger partial charge in [-0.3, -0.25) is 0 Å². The normalized spacial score (nSPS) is 15.3. The molecule has 0 saturated heterocycles. The van der Waals surface area contributed by atoms with Gasteiger partial charge < -0.3 is 9.72 Å². The quantitative estimate of drug-likeness (QED) is 0.619. The molecule has 12 heavy (non-hydrogen) atoms. The second kappa shape index (κ2) is 2.08. The van der Waals surface area contributed by atoms with E-state index in [0.717, 1.165) is 18.7 Å². The number of imidazole rings is 1. The van der Waals surface area contributed by atoms with Crippen molar-refractivity contribution in [1.82, 2.24) is 14.7 Å². The van der Waals surface area contributed by atoms with E-state index in [1.54, 1.807) is 0 Å². The summed E-state index contributed by atoms with van der Waals surface area (Å²) in [7, 11) is 0. The fourth-order valence-corrected chi connectivity index (χ4v) is 1.72. The Morgan fingerprint density at radius 3 is 3.33 bits per heavy atom. The van der Waals surface area contributed by atoms with Gasteiger partial charge in [-0.25, -0.2) is 4.98 Å². The molecule has 0 atom stereocenters. The molecule has 0 unspecified atom stereocenters. The summed E-state index contributed by atoms with van der Waals surface area (Å²) in [5.74, 6) is 0. The molecule has 2 aromatic heterocycles. The topological polar surface area (TPSA) is 29.3 Å². The number of nitrogens with one attached hydrogen (secondary N) is 1. The van der Waals surface area contributed by atoms with Crippen molar-refractivity contribution in [3.63, 3.8) is 0 Å². The highest BCUT2D eigenvalue weighted by molar-refractivity contribution is 5.44. The van der Waals surface area contributed by atoms with E-state index < -0.39 is 0 Å². The molecule has 60 valence electrons. The minimum atomic E-state index is 0.914. The first kappa shape index (κ1) is 6.20. The van der Waals surface area contributed by atoms with Crippen molar-refractivity contribution in [2.75, 3.05) is 0 Å². The van der Waals surface area contributed by atoms with E-state index in [0.29, 0.717) is 0 Å². The van der Waals surface area contributed by atoms with Crippen LogP contribution >= 0.6 is 0 Å². The van der Waals surface area contributed by atoms with Crippen LogP contribution in [0.2, 0.25) is 0 Å². The lowest BCUT2D eigenvalue weighted by molar-refractivity contribution is 0.740. The van der Waals surface area contributed by atoms with Gasteiger partial charge in [-0.05, 0) is 12.1 Å². The molecule has 1 aliphatic heterocycles. The summed E-state index contributed by atoms with van der Waals surface area (Å²) in [5, 5.41) is 3.28. The zero-order valence-electron chi connectivity index (χ0n) is 6.62. The lowest BCUT2D eigenvalue weighted by Gasteiger charge is -1.95. The smallest absolute Gasteiger partial charge is 0.137 e. The SMILES string of the molecule is c1ccn2c3c(nc2c1)CNC3. The van der Waals surface area contributed by atoms with Gasteiger partial charge in [0.05, 0.1) is 11.4 Å². The fourth-order valence-electron chi connectivity index (χ4n) is 1.72. The van der Waals surface area contributed by atoms with Crippen LogP contribution in [0.5, 0.6) is 0 Å². The molecule has 3 heterocycles. The van der Waals surface area contributed by atoms with Crippen molar-refractivity contribution in [3.8, 4) is 0 Å². The van der Waals surface area contributed by atoms with E-state index in [1.165, 1.54) is 11.4 Å². The molecular weight excluding hydrogens is 150 g/mol. The predicted molar refractivity (Wildman–Crippen MR) is 45.7 cm³/mol. The van der Waals surface area contributed by atoms with Crippen LogP contribution in [0.1, 0.15) is 11.4 Å². The van der Waals surface area contributed by atoms with E-state index in [-0.39, 0.29) is 0 Å². The first-order valence-corrected chi connectivity index (χ1v) is 4.11. The van der Waals surface area contributed by atoms with Crippen molar-refractivity contribution in [1.29, 1.82) is 0 Å². The second-order valence-electron chi connectivity index (χ2n) is 3.04. The molecule has 0 fully saturated rings. The lowest BCUT2D eigenvalue weighted by Crippen LogP contribution is -2.03. The molecule has 3 nitrogen and oxygen atoms in total. The van der Waals surface area contributed by atoms with Gasteiger partial charge in [0, 0.05) is 19.3 Å². The Hall–Kier alpha value is -1.35. The Labute approximate surface area is 70.0 Å². The van der Waals surface area contributed by atoms with Gasteiger partial charge in [-0.15, -0.1) is 0 Å². The van der Waals surface area contributed by atoms with Gasteiger partial charge in [0.2, 0.25) is 0 Å². The van der Waals surface area contributed by atoms with Gasteiger partial charge in [-0.2, -0.15) is 0 Å². The monoisotopic (exact) mass is 159 g/mol. The third kappa shape index (κ3) is 0.662. The zero-order valence-corrected chi connectivity index (χ0v) is 6.62. The molecule has 0 bridgehead atoms. The highest BCUT2D eigenvalue weighted by Crippen LogP contribution is 2.16. The molecule has 1 N–H and O–H groups in total. The van der Waals surface area contributed by atoms with Crippen molar-refractivity contribution >= 4 is 5.65 Å². The summed E-state index contributed by atoms with van der Waals surface area (Å²) >= 11 is 0. The molecule has 0 aliphatic carbocycles. The van der Waals surface area contributed by atoms with Crippen molar-refractivity contribution in [3.05, 3.63) is 35.8 Å². The van der Waals surface area contributed by atoms with Crippen LogP contribution in [-0.4, -0.2) is 9.38 Å². The summed E-state index contributed by atoms with van der Waals surface area (Å²) < 4.78 is 2.15. The maximum Gasteiger partial charge on any atom is 0.137 e. The molecule has 3 heteroatoms. The van der Waals surface area contributed by atoms with Crippen LogP contribution in [0, 0.1) is 0 Å². The van der Waals surface area contributed by atoms with Gasteiger partial charge in [-0.1, -0.05) is 6.07 Å². The highest BCUT2D eigenvalue weighted by atomic mass is 15.1. The molecular formula is C9H9N3. The van der Waals surface area contributed by atoms with Crippen LogP contribution < -0.4 is 5.32 Å². The largest absolute Gasteiger partial charge is 0.305 e. The Morgan fingerprint density at radius 2 is 2.33 bits per heavy atom. The zero-order chi connectivity index (χ0) is 7.97. The summed E-state index contributed by atoms with van der Waals surface area (Å²) in [5.41, 5.74) is 3.57. The van der Waals surface area contributed by atoms with Crippen LogP contribution in [-0.2, 0) is 13.1 Å². The maximum atomic E-state index is 4.49. The Balaban J connectivity index is 2.44. The average Bonchev–Trinajstić information content (AvgIpc) is 2.62.